The molecule has 0 spiro atoms. The third-order valence-electron chi connectivity index (χ3n) is 2.67. The number of aromatic nitrogens is 1. The summed E-state index contributed by atoms with van der Waals surface area (Å²) in [7, 11) is 0. The van der Waals surface area contributed by atoms with Crippen LogP contribution < -0.4 is 0 Å². The molecule has 1 heterocycles. The van der Waals surface area contributed by atoms with Gasteiger partial charge in [0.1, 0.15) is 0 Å². The summed E-state index contributed by atoms with van der Waals surface area (Å²) in [5.41, 5.74) is 1.66. The zero-order valence-electron chi connectivity index (χ0n) is 9.15. The first-order valence-corrected chi connectivity index (χ1v) is 5.83. The lowest BCUT2D eigenvalue weighted by Crippen LogP contribution is -1.99. The normalized spacial score (nSPS) is 12.9. The van der Waals surface area contributed by atoms with Gasteiger partial charge in [-0.15, -0.1) is 0 Å². The van der Waals surface area contributed by atoms with Crippen LogP contribution in [0, 0.1) is 0 Å². The Morgan fingerprint density at radius 2 is 2.19 bits per heavy atom. The maximum absolute atomic E-state index is 10.0. The number of benzene rings is 1. The molecule has 1 unspecified atom stereocenters. The lowest BCUT2D eigenvalue weighted by Gasteiger charge is -2.12. The molecule has 16 heavy (non-hydrogen) atoms. The molecule has 1 atom stereocenters. The molecule has 0 aliphatic carbocycles. The van der Waals surface area contributed by atoms with E-state index in [-0.39, 0.29) is 0 Å². The van der Waals surface area contributed by atoms with Crippen molar-refractivity contribution in [2.45, 2.75) is 25.9 Å². The van der Waals surface area contributed by atoms with Crippen molar-refractivity contribution in [3.8, 4) is 0 Å². The highest BCUT2D eigenvalue weighted by molar-refractivity contribution is 6.35. The molecule has 1 N–H and O–H groups in total. The largest absolute Gasteiger partial charge is 0.388 e. The number of aliphatic hydroxyl groups excluding tert-OH is 1. The Morgan fingerprint density at radius 1 is 1.38 bits per heavy atom. The first kappa shape index (κ1) is 11.4. The summed E-state index contributed by atoms with van der Waals surface area (Å²) in [5.74, 6) is 0. The summed E-state index contributed by atoms with van der Waals surface area (Å²) in [6.07, 6.45) is 2.95. The van der Waals surface area contributed by atoms with Gasteiger partial charge in [0, 0.05) is 22.2 Å². The number of halogens is 1. The van der Waals surface area contributed by atoms with E-state index in [1.807, 2.05) is 24.3 Å². The van der Waals surface area contributed by atoms with Gasteiger partial charge in [0.05, 0.1) is 11.6 Å². The molecule has 2 rings (SSSR count). The molecule has 1 aromatic heterocycles. The van der Waals surface area contributed by atoms with E-state index in [4.69, 9.17) is 11.6 Å². The van der Waals surface area contributed by atoms with Crippen LogP contribution in [0.3, 0.4) is 0 Å². The molecule has 0 saturated carbocycles. The van der Waals surface area contributed by atoms with Crippen molar-refractivity contribution in [1.82, 2.24) is 4.98 Å². The molecule has 0 aliphatic heterocycles. The highest BCUT2D eigenvalue weighted by Gasteiger charge is 2.12. The van der Waals surface area contributed by atoms with Crippen molar-refractivity contribution in [3.05, 3.63) is 41.0 Å². The van der Waals surface area contributed by atoms with Crippen LogP contribution in [0.5, 0.6) is 0 Å². The van der Waals surface area contributed by atoms with E-state index in [1.54, 1.807) is 6.20 Å². The van der Waals surface area contributed by atoms with Crippen molar-refractivity contribution in [1.29, 1.82) is 0 Å². The molecule has 3 heteroatoms. The van der Waals surface area contributed by atoms with Gasteiger partial charge in [0.25, 0.3) is 0 Å². The summed E-state index contributed by atoms with van der Waals surface area (Å²) in [4.78, 5) is 4.30. The Hall–Kier alpha value is -1.12. The summed E-state index contributed by atoms with van der Waals surface area (Å²) < 4.78 is 0. The van der Waals surface area contributed by atoms with E-state index in [9.17, 15) is 5.11 Å². The number of fused-ring (bicyclic) bond motifs is 1. The van der Waals surface area contributed by atoms with Gasteiger partial charge in [0.15, 0.2) is 0 Å². The van der Waals surface area contributed by atoms with E-state index in [2.05, 4.69) is 11.9 Å². The van der Waals surface area contributed by atoms with Gasteiger partial charge in [-0.25, -0.2) is 0 Å². The Labute approximate surface area is 99.9 Å². The Balaban J connectivity index is 2.58. The molecule has 0 fully saturated rings. The minimum atomic E-state index is -0.459. The van der Waals surface area contributed by atoms with Gasteiger partial charge in [-0.3, -0.25) is 4.98 Å². The van der Waals surface area contributed by atoms with Crippen LogP contribution in [0.4, 0.5) is 0 Å². The molecule has 0 saturated heterocycles. The van der Waals surface area contributed by atoms with Crippen LogP contribution in [0.2, 0.25) is 5.02 Å². The van der Waals surface area contributed by atoms with Crippen molar-refractivity contribution in [2.75, 3.05) is 0 Å². The van der Waals surface area contributed by atoms with Crippen molar-refractivity contribution in [3.63, 3.8) is 0 Å². The Bertz CT molecular complexity index is 498. The molecule has 0 aliphatic rings. The van der Waals surface area contributed by atoms with Crippen LogP contribution in [0.15, 0.2) is 30.5 Å². The highest BCUT2D eigenvalue weighted by Crippen LogP contribution is 2.29. The lowest BCUT2D eigenvalue weighted by atomic mass is 10.0. The van der Waals surface area contributed by atoms with Crippen molar-refractivity contribution >= 4 is 22.5 Å². The number of pyridine rings is 1. The van der Waals surface area contributed by atoms with Crippen LogP contribution >= 0.6 is 11.6 Å². The monoisotopic (exact) mass is 235 g/mol. The van der Waals surface area contributed by atoms with Crippen molar-refractivity contribution < 1.29 is 5.11 Å². The molecule has 0 bridgehead atoms. The van der Waals surface area contributed by atoms with E-state index in [0.717, 1.165) is 29.3 Å². The first-order chi connectivity index (χ1) is 7.74. The van der Waals surface area contributed by atoms with Gasteiger partial charge in [-0.05, 0) is 24.6 Å². The fourth-order valence-corrected chi connectivity index (χ4v) is 2.07. The minimum Gasteiger partial charge on any atom is -0.388 e. The predicted octanol–water partition coefficient (Wildman–Crippen LogP) is 3.72. The molecule has 0 amide bonds. The molecular formula is C13H14ClNO. The average molecular weight is 236 g/mol. The Morgan fingerprint density at radius 3 is 2.94 bits per heavy atom. The molecule has 1 aromatic carbocycles. The second kappa shape index (κ2) is 4.81. The maximum Gasteiger partial charge on any atom is 0.0811 e. The maximum atomic E-state index is 10.0. The molecule has 2 nitrogen and oxygen atoms in total. The van der Waals surface area contributed by atoms with Gasteiger partial charge in [0.2, 0.25) is 0 Å². The van der Waals surface area contributed by atoms with E-state index < -0.39 is 6.10 Å². The van der Waals surface area contributed by atoms with Crippen molar-refractivity contribution in [2.24, 2.45) is 0 Å². The molecular weight excluding hydrogens is 222 g/mol. The van der Waals surface area contributed by atoms with Gasteiger partial charge < -0.3 is 5.11 Å². The second-order valence-electron chi connectivity index (χ2n) is 3.84. The predicted molar refractivity (Wildman–Crippen MR) is 66.6 cm³/mol. The van der Waals surface area contributed by atoms with E-state index >= 15 is 0 Å². The summed E-state index contributed by atoms with van der Waals surface area (Å²) >= 11 is 6.09. The van der Waals surface area contributed by atoms with Gasteiger partial charge in [-0.2, -0.15) is 0 Å². The second-order valence-corrected chi connectivity index (χ2v) is 4.25. The van der Waals surface area contributed by atoms with E-state index in [0.29, 0.717) is 5.02 Å². The number of nitrogens with zero attached hydrogens (tertiary/aromatic N) is 1. The number of hydrogen-bond donors (Lipinski definition) is 1. The minimum absolute atomic E-state index is 0.459. The van der Waals surface area contributed by atoms with E-state index in [1.165, 1.54) is 0 Å². The fourth-order valence-electron chi connectivity index (χ4n) is 1.86. The molecule has 2 aromatic rings. The third kappa shape index (κ3) is 2.04. The summed E-state index contributed by atoms with van der Waals surface area (Å²) in [6.45, 7) is 2.05. The quantitative estimate of drug-likeness (QED) is 0.880. The SMILES string of the molecule is CCCC(O)c1ccc(Cl)c2cccnc12. The summed E-state index contributed by atoms with van der Waals surface area (Å²) in [5, 5.41) is 11.6. The van der Waals surface area contributed by atoms with Crippen LogP contribution in [0.25, 0.3) is 10.9 Å². The van der Waals surface area contributed by atoms with Gasteiger partial charge >= 0.3 is 0 Å². The lowest BCUT2D eigenvalue weighted by molar-refractivity contribution is 0.168. The van der Waals surface area contributed by atoms with Crippen LogP contribution in [-0.4, -0.2) is 10.1 Å². The standard InChI is InChI=1S/C13H14ClNO/c1-2-4-12(16)10-6-7-11(14)9-5-3-8-15-13(9)10/h3,5-8,12,16H,2,4H2,1H3. The fraction of sp³-hybridized carbons (Fsp3) is 0.308. The Kier molecular flexibility index (Phi) is 3.42. The first-order valence-electron chi connectivity index (χ1n) is 5.45. The zero-order valence-corrected chi connectivity index (χ0v) is 9.91. The number of rotatable bonds is 3. The highest BCUT2D eigenvalue weighted by atomic mass is 35.5. The van der Waals surface area contributed by atoms with Crippen LogP contribution in [-0.2, 0) is 0 Å². The zero-order chi connectivity index (χ0) is 11.5. The smallest absolute Gasteiger partial charge is 0.0811 e. The molecule has 0 radical (unpaired) electrons. The van der Waals surface area contributed by atoms with Gasteiger partial charge in [-0.1, -0.05) is 31.0 Å². The van der Waals surface area contributed by atoms with Crippen LogP contribution in [0.1, 0.15) is 31.4 Å². The number of hydrogen-bond acceptors (Lipinski definition) is 2. The third-order valence-corrected chi connectivity index (χ3v) is 3.00. The molecule has 84 valence electrons. The number of aliphatic hydroxyl groups is 1. The summed E-state index contributed by atoms with van der Waals surface area (Å²) in [6, 6.07) is 7.45. The topological polar surface area (TPSA) is 33.1 Å². The average Bonchev–Trinajstić information content (AvgIpc) is 2.30.